The molecule has 1 aromatic rings. The number of rotatable bonds is 5. The van der Waals surface area contributed by atoms with E-state index >= 15 is 0 Å². The Morgan fingerprint density at radius 1 is 1.59 bits per heavy atom. The summed E-state index contributed by atoms with van der Waals surface area (Å²) in [7, 11) is 1.77. The fourth-order valence-corrected chi connectivity index (χ4v) is 2.89. The number of ether oxygens (including phenoxy) is 1. The second kappa shape index (κ2) is 5.16. The molecule has 1 fully saturated rings. The number of nitrogens with one attached hydrogen (secondary N) is 1. The van der Waals surface area contributed by atoms with Crippen molar-refractivity contribution in [2.24, 2.45) is 5.84 Å². The van der Waals surface area contributed by atoms with Crippen LogP contribution in [0.2, 0.25) is 0 Å². The number of aromatic nitrogens is 2. The Morgan fingerprint density at radius 2 is 2.29 bits per heavy atom. The molecule has 0 amide bonds. The van der Waals surface area contributed by atoms with E-state index in [1.165, 1.54) is 12.8 Å². The molecule has 1 unspecified atom stereocenters. The van der Waals surface area contributed by atoms with Gasteiger partial charge < -0.3 is 9.30 Å². The SMILES string of the molecule is CCn1ccnc1C(NN)C1(OC)CCCC1. The maximum atomic E-state index is 5.78. The Labute approximate surface area is 102 Å². The molecule has 0 saturated heterocycles. The summed E-state index contributed by atoms with van der Waals surface area (Å²) < 4.78 is 7.89. The van der Waals surface area contributed by atoms with Crippen molar-refractivity contribution in [2.45, 2.75) is 50.8 Å². The standard InChI is InChI=1S/C12H22N4O/c1-3-16-9-8-14-11(16)10(15-13)12(17-2)6-4-5-7-12/h8-10,15H,3-7,13H2,1-2H3. The molecule has 1 heterocycles. The molecular formula is C12H22N4O. The van der Waals surface area contributed by atoms with Gasteiger partial charge in [0.25, 0.3) is 0 Å². The zero-order valence-electron chi connectivity index (χ0n) is 10.6. The molecular weight excluding hydrogens is 216 g/mol. The van der Waals surface area contributed by atoms with Gasteiger partial charge >= 0.3 is 0 Å². The molecule has 1 aromatic heterocycles. The van der Waals surface area contributed by atoms with E-state index in [9.17, 15) is 0 Å². The normalized spacial score (nSPS) is 20.6. The van der Waals surface area contributed by atoms with Gasteiger partial charge in [-0.25, -0.2) is 10.4 Å². The lowest BCUT2D eigenvalue weighted by Gasteiger charge is -2.35. The van der Waals surface area contributed by atoms with Crippen molar-refractivity contribution in [3.8, 4) is 0 Å². The number of methoxy groups -OCH3 is 1. The highest BCUT2D eigenvalue weighted by atomic mass is 16.5. The van der Waals surface area contributed by atoms with Crippen LogP contribution in [0, 0.1) is 0 Å². The Hall–Kier alpha value is -0.910. The summed E-state index contributed by atoms with van der Waals surface area (Å²) >= 11 is 0. The summed E-state index contributed by atoms with van der Waals surface area (Å²) in [5, 5.41) is 0. The van der Waals surface area contributed by atoms with Crippen LogP contribution in [0.1, 0.15) is 44.5 Å². The molecule has 0 bridgehead atoms. The molecule has 5 heteroatoms. The summed E-state index contributed by atoms with van der Waals surface area (Å²) in [5.74, 6) is 6.72. The van der Waals surface area contributed by atoms with Crippen molar-refractivity contribution in [1.29, 1.82) is 0 Å². The number of nitrogens with two attached hydrogens (primary N) is 1. The molecule has 0 spiro atoms. The van der Waals surface area contributed by atoms with Gasteiger partial charge in [-0.1, -0.05) is 12.8 Å². The van der Waals surface area contributed by atoms with E-state index in [4.69, 9.17) is 10.6 Å². The van der Waals surface area contributed by atoms with Gasteiger partial charge in [-0.2, -0.15) is 0 Å². The second-order valence-electron chi connectivity index (χ2n) is 4.65. The van der Waals surface area contributed by atoms with Crippen LogP contribution in [0.5, 0.6) is 0 Å². The fraction of sp³-hybridized carbons (Fsp3) is 0.750. The van der Waals surface area contributed by atoms with Crippen molar-refractivity contribution >= 4 is 0 Å². The van der Waals surface area contributed by atoms with Gasteiger partial charge in [-0.3, -0.25) is 5.84 Å². The Morgan fingerprint density at radius 3 is 2.82 bits per heavy atom. The molecule has 96 valence electrons. The summed E-state index contributed by atoms with van der Waals surface area (Å²) in [4.78, 5) is 4.44. The lowest BCUT2D eigenvalue weighted by molar-refractivity contribution is -0.0399. The van der Waals surface area contributed by atoms with E-state index < -0.39 is 0 Å². The highest BCUT2D eigenvalue weighted by Crippen LogP contribution is 2.41. The number of hydrogen-bond donors (Lipinski definition) is 2. The van der Waals surface area contributed by atoms with Crippen LogP contribution in [0.25, 0.3) is 0 Å². The number of hydrazine groups is 1. The minimum atomic E-state index is -0.201. The van der Waals surface area contributed by atoms with Crippen molar-refractivity contribution < 1.29 is 4.74 Å². The van der Waals surface area contributed by atoms with Crippen LogP contribution in [-0.4, -0.2) is 22.3 Å². The van der Waals surface area contributed by atoms with Gasteiger partial charge in [0.1, 0.15) is 11.9 Å². The van der Waals surface area contributed by atoms with Gasteiger partial charge in [0.15, 0.2) is 0 Å². The molecule has 0 aromatic carbocycles. The predicted molar refractivity (Wildman–Crippen MR) is 66.2 cm³/mol. The van der Waals surface area contributed by atoms with E-state index in [1.807, 2.05) is 12.4 Å². The summed E-state index contributed by atoms with van der Waals surface area (Å²) in [6.07, 6.45) is 8.26. The monoisotopic (exact) mass is 238 g/mol. The first-order chi connectivity index (χ1) is 8.27. The maximum Gasteiger partial charge on any atom is 0.130 e. The molecule has 17 heavy (non-hydrogen) atoms. The third kappa shape index (κ3) is 2.10. The van der Waals surface area contributed by atoms with Gasteiger partial charge in [0.05, 0.1) is 5.60 Å². The molecule has 0 aliphatic heterocycles. The molecule has 1 aliphatic carbocycles. The summed E-state index contributed by atoms with van der Waals surface area (Å²) in [6.45, 7) is 3.00. The average molecular weight is 238 g/mol. The van der Waals surface area contributed by atoms with Crippen molar-refractivity contribution in [1.82, 2.24) is 15.0 Å². The van der Waals surface area contributed by atoms with Gasteiger partial charge in [0, 0.05) is 26.0 Å². The Balaban J connectivity index is 2.32. The van der Waals surface area contributed by atoms with Gasteiger partial charge in [-0.15, -0.1) is 0 Å². The van der Waals surface area contributed by atoms with E-state index in [-0.39, 0.29) is 11.6 Å². The largest absolute Gasteiger partial charge is 0.376 e. The lowest BCUT2D eigenvalue weighted by Crippen LogP contribution is -2.47. The Bertz CT molecular complexity index is 357. The first-order valence-corrected chi connectivity index (χ1v) is 6.29. The summed E-state index contributed by atoms with van der Waals surface area (Å²) in [5.41, 5.74) is 2.70. The molecule has 1 atom stereocenters. The maximum absolute atomic E-state index is 5.78. The first-order valence-electron chi connectivity index (χ1n) is 6.29. The highest BCUT2D eigenvalue weighted by molar-refractivity contribution is 5.09. The molecule has 5 nitrogen and oxygen atoms in total. The van der Waals surface area contributed by atoms with Crippen LogP contribution in [0.15, 0.2) is 12.4 Å². The van der Waals surface area contributed by atoms with Crippen molar-refractivity contribution in [3.63, 3.8) is 0 Å². The topological polar surface area (TPSA) is 65.1 Å². The van der Waals surface area contributed by atoms with Gasteiger partial charge in [0.2, 0.25) is 0 Å². The first kappa shape index (κ1) is 12.5. The smallest absolute Gasteiger partial charge is 0.130 e. The van der Waals surface area contributed by atoms with Crippen LogP contribution in [0.4, 0.5) is 0 Å². The quantitative estimate of drug-likeness (QED) is 0.600. The fourth-order valence-electron chi connectivity index (χ4n) is 2.89. The van der Waals surface area contributed by atoms with E-state index in [1.54, 1.807) is 7.11 Å². The third-order valence-corrected chi connectivity index (χ3v) is 3.90. The van der Waals surface area contributed by atoms with Crippen molar-refractivity contribution in [3.05, 3.63) is 18.2 Å². The number of hydrogen-bond acceptors (Lipinski definition) is 4. The Kier molecular flexibility index (Phi) is 3.81. The van der Waals surface area contributed by atoms with Crippen LogP contribution in [0.3, 0.4) is 0 Å². The zero-order chi connectivity index (χ0) is 12.3. The van der Waals surface area contributed by atoms with Crippen LogP contribution < -0.4 is 11.3 Å². The highest BCUT2D eigenvalue weighted by Gasteiger charge is 2.43. The van der Waals surface area contributed by atoms with E-state index in [2.05, 4.69) is 21.9 Å². The van der Waals surface area contributed by atoms with Gasteiger partial charge in [-0.05, 0) is 19.8 Å². The molecule has 1 saturated carbocycles. The molecule has 2 rings (SSSR count). The minimum absolute atomic E-state index is 0.0371. The van der Waals surface area contributed by atoms with E-state index in [0.717, 1.165) is 25.2 Å². The van der Waals surface area contributed by atoms with E-state index in [0.29, 0.717) is 0 Å². The number of imidazole rings is 1. The van der Waals surface area contributed by atoms with Crippen molar-refractivity contribution in [2.75, 3.05) is 7.11 Å². The van der Waals surface area contributed by atoms with Crippen LogP contribution >= 0.6 is 0 Å². The molecule has 3 N–H and O–H groups in total. The zero-order valence-corrected chi connectivity index (χ0v) is 10.6. The third-order valence-electron chi connectivity index (χ3n) is 3.90. The average Bonchev–Trinajstić information content (AvgIpc) is 2.99. The predicted octanol–water partition coefficient (Wildman–Crippen LogP) is 1.37. The second-order valence-corrected chi connectivity index (χ2v) is 4.65. The van der Waals surface area contributed by atoms with Crippen LogP contribution in [-0.2, 0) is 11.3 Å². The molecule has 0 radical (unpaired) electrons. The lowest BCUT2D eigenvalue weighted by atomic mass is 9.91. The minimum Gasteiger partial charge on any atom is -0.376 e. The summed E-state index contributed by atoms with van der Waals surface area (Å²) in [6, 6.07) is -0.0371. The molecule has 1 aliphatic rings. The number of nitrogens with zero attached hydrogens (tertiary/aromatic N) is 2. The number of aryl methyl sites for hydroxylation is 1.